The van der Waals surface area contributed by atoms with E-state index >= 15 is 0 Å². The van der Waals surface area contributed by atoms with E-state index in [1.165, 1.54) is 5.56 Å². The maximum Gasteiger partial charge on any atom is 0.142 e. The van der Waals surface area contributed by atoms with Gasteiger partial charge in [0.05, 0.1) is 18.9 Å². The van der Waals surface area contributed by atoms with Gasteiger partial charge in [-0.1, -0.05) is 23.8 Å². The fraction of sp³-hybridized carbons (Fsp3) is 0.391. The number of aryl methyl sites for hydroxylation is 2. The van der Waals surface area contributed by atoms with Crippen LogP contribution < -0.4 is 9.64 Å². The van der Waals surface area contributed by atoms with Crippen LogP contribution in [0.2, 0.25) is 0 Å². The third kappa shape index (κ3) is 3.60. The average molecular weight is 380 g/mol. The van der Waals surface area contributed by atoms with Crippen LogP contribution in [0.1, 0.15) is 22.9 Å². The quantitative estimate of drug-likeness (QED) is 0.711. The first-order valence-corrected chi connectivity index (χ1v) is 9.94. The standard InChI is InChI=1S/C23H29N3O2/c1-16-8-9-19-18(14-16)23(17(2)24-19)21(27)15-25-10-12-26(13-11-25)20-6-4-5-7-22(20)28-3/h4-9,14,21,24,27H,10-13,15H2,1-3H3/t21-/m1/s1. The predicted molar refractivity (Wildman–Crippen MR) is 114 cm³/mol. The number of benzene rings is 2. The highest BCUT2D eigenvalue weighted by molar-refractivity contribution is 5.85. The molecule has 2 N–H and O–H groups in total. The Hall–Kier alpha value is -2.50. The van der Waals surface area contributed by atoms with Crippen molar-refractivity contribution in [2.24, 2.45) is 0 Å². The number of methoxy groups -OCH3 is 1. The second-order valence-corrected chi connectivity index (χ2v) is 7.69. The maximum absolute atomic E-state index is 11.0. The van der Waals surface area contributed by atoms with Gasteiger partial charge in [-0.3, -0.25) is 4.90 Å². The normalized spacial score (nSPS) is 16.5. The summed E-state index contributed by atoms with van der Waals surface area (Å²) in [6.45, 7) is 8.51. The highest BCUT2D eigenvalue weighted by Crippen LogP contribution is 2.31. The minimum atomic E-state index is -0.492. The minimum Gasteiger partial charge on any atom is -0.495 e. The largest absolute Gasteiger partial charge is 0.495 e. The van der Waals surface area contributed by atoms with Crippen LogP contribution in [0.5, 0.6) is 5.75 Å². The summed E-state index contributed by atoms with van der Waals surface area (Å²) < 4.78 is 5.50. The van der Waals surface area contributed by atoms with Crippen molar-refractivity contribution in [2.75, 3.05) is 44.7 Å². The molecule has 0 spiro atoms. The van der Waals surface area contributed by atoms with Crippen molar-refractivity contribution in [3.05, 3.63) is 59.3 Å². The van der Waals surface area contributed by atoms with Gasteiger partial charge in [-0.2, -0.15) is 0 Å². The van der Waals surface area contributed by atoms with Gasteiger partial charge in [0.25, 0.3) is 0 Å². The third-order valence-electron chi connectivity index (χ3n) is 5.75. The van der Waals surface area contributed by atoms with Crippen LogP contribution in [0.25, 0.3) is 10.9 Å². The van der Waals surface area contributed by atoms with E-state index in [2.05, 4.69) is 52.0 Å². The molecule has 2 heterocycles. The van der Waals surface area contributed by atoms with Gasteiger partial charge in [-0.05, 0) is 38.1 Å². The number of β-amino-alcohol motifs (C(OH)–C–C–N with tert-alkyl or cyclic N) is 1. The molecule has 3 aromatic rings. The van der Waals surface area contributed by atoms with E-state index < -0.39 is 6.10 Å². The van der Waals surface area contributed by atoms with Gasteiger partial charge in [0.15, 0.2) is 0 Å². The first-order valence-electron chi connectivity index (χ1n) is 9.94. The van der Waals surface area contributed by atoms with Crippen molar-refractivity contribution < 1.29 is 9.84 Å². The van der Waals surface area contributed by atoms with Crippen LogP contribution >= 0.6 is 0 Å². The summed E-state index contributed by atoms with van der Waals surface area (Å²) in [6.07, 6.45) is -0.492. The number of hydrogen-bond acceptors (Lipinski definition) is 4. The van der Waals surface area contributed by atoms with Gasteiger partial charge >= 0.3 is 0 Å². The first kappa shape index (κ1) is 18.8. The lowest BCUT2D eigenvalue weighted by Gasteiger charge is -2.37. The number of aromatic amines is 1. The lowest BCUT2D eigenvalue weighted by Crippen LogP contribution is -2.47. The zero-order valence-corrected chi connectivity index (χ0v) is 16.9. The van der Waals surface area contributed by atoms with Gasteiger partial charge in [0.1, 0.15) is 5.75 Å². The van der Waals surface area contributed by atoms with E-state index in [-0.39, 0.29) is 0 Å². The molecule has 0 aliphatic carbocycles. The Morgan fingerprint density at radius 1 is 1.07 bits per heavy atom. The van der Waals surface area contributed by atoms with Crippen LogP contribution in [0.4, 0.5) is 5.69 Å². The molecule has 28 heavy (non-hydrogen) atoms. The number of nitrogens with zero attached hydrogens (tertiary/aromatic N) is 2. The van der Waals surface area contributed by atoms with Crippen molar-refractivity contribution in [3.63, 3.8) is 0 Å². The molecule has 148 valence electrons. The number of para-hydroxylation sites is 2. The van der Waals surface area contributed by atoms with Gasteiger partial charge in [-0.25, -0.2) is 0 Å². The Morgan fingerprint density at radius 2 is 1.82 bits per heavy atom. The Kier molecular flexibility index (Phi) is 5.29. The number of aliphatic hydroxyl groups excluding tert-OH is 1. The van der Waals surface area contributed by atoms with Gasteiger partial charge in [0, 0.05) is 54.9 Å². The van der Waals surface area contributed by atoms with E-state index in [9.17, 15) is 5.11 Å². The number of rotatable bonds is 5. The summed E-state index contributed by atoms with van der Waals surface area (Å²) in [7, 11) is 1.72. The molecule has 0 saturated carbocycles. The lowest BCUT2D eigenvalue weighted by atomic mass is 10.0. The number of ether oxygens (including phenoxy) is 1. The highest BCUT2D eigenvalue weighted by atomic mass is 16.5. The predicted octanol–water partition coefficient (Wildman–Crippen LogP) is 3.65. The maximum atomic E-state index is 11.0. The molecule has 2 aromatic carbocycles. The lowest BCUT2D eigenvalue weighted by molar-refractivity contribution is 0.110. The van der Waals surface area contributed by atoms with Crippen LogP contribution in [-0.4, -0.2) is 54.8 Å². The fourth-order valence-electron chi connectivity index (χ4n) is 4.29. The molecule has 0 radical (unpaired) electrons. The van der Waals surface area contributed by atoms with Gasteiger partial charge < -0.3 is 19.7 Å². The number of fused-ring (bicyclic) bond motifs is 1. The van der Waals surface area contributed by atoms with E-state index in [0.29, 0.717) is 6.54 Å². The molecular formula is C23H29N3O2. The molecule has 1 aromatic heterocycles. The summed E-state index contributed by atoms with van der Waals surface area (Å²) in [4.78, 5) is 8.13. The second-order valence-electron chi connectivity index (χ2n) is 7.69. The third-order valence-corrected chi connectivity index (χ3v) is 5.75. The second kappa shape index (κ2) is 7.86. The first-order chi connectivity index (χ1) is 13.6. The van der Waals surface area contributed by atoms with Crippen LogP contribution in [0, 0.1) is 13.8 Å². The molecule has 0 amide bonds. The van der Waals surface area contributed by atoms with Crippen molar-refractivity contribution in [3.8, 4) is 5.75 Å². The molecule has 1 aliphatic heterocycles. The number of H-pyrrole nitrogens is 1. The average Bonchev–Trinajstić information content (AvgIpc) is 3.03. The topological polar surface area (TPSA) is 51.7 Å². The Bertz CT molecular complexity index is 958. The van der Waals surface area contributed by atoms with Crippen LogP contribution in [-0.2, 0) is 0 Å². The van der Waals surface area contributed by atoms with Crippen molar-refractivity contribution in [2.45, 2.75) is 20.0 Å². The summed E-state index contributed by atoms with van der Waals surface area (Å²) in [5, 5.41) is 12.1. The van der Waals surface area contributed by atoms with Crippen molar-refractivity contribution >= 4 is 16.6 Å². The van der Waals surface area contributed by atoms with Crippen LogP contribution in [0.15, 0.2) is 42.5 Å². The molecule has 5 nitrogen and oxygen atoms in total. The van der Waals surface area contributed by atoms with E-state index in [1.54, 1.807) is 7.11 Å². The SMILES string of the molecule is COc1ccccc1N1CCN(C[C@@H](O)c2c(C)[nH]c3ccc(C)cc23)CC1. The summed E-state index contributed by atoms with van der Waals surface area (Å²) in [6, 6.07) is 14.5. The monoisotopic (exact) mass is 379 g/mol. The molecule has 5 heteroatoms. The molecular weight excluding hydrogens is 350 g/mol. The number of nitrogens with one attached hydrogen (secondary N) is 1. The Balaban J connectivity index is 1.44. The Morgan fingerprint density at radius 3 is 2.57 bits per heavy atom. The number of anilines is 1. The zero-order valence-electron chi connectivity index (χ0n) is 16.9. The minimum absolute atomic E-state index is 0.492. The van der Waals surface area contributed by atoms with Gasteiger partial charge in [-0.15, -0.1) is 0 Å². The van der Waals surface area contributed by atoms with Crippen LogP contribution in [0.3, 0.4) is 0 Å². The highest BCUT2D eigenvalue weighted by Gasteiger charge is 2.24. The number of aromatic nitrogens is 1. The smallest absolute Gasteiger partial charge is 0.142 e. The number of piperazine rings is 1. The fourth-order valence-corrected chi connectivity index (χ4v) is 4.29. The molecule has 0 bridgehead atoms. The summed E-state index contributed by atoms with van der Waals surface area (Å²) in [5.41, 5.74) is 5.54. The molecule has 1 aliphatic rings. The van der Waals surface area contributed by atoms with Crippen molar-refractivity contribution in [1.29, 1.82) is 0 Å². The van der Waals surface area contributed by atoms with Crippen molar-refractivity contribution in [1.82, 2.24) is 9.88 Å². The van der Waals surface area contributed by atoms with E-state index in [4.69, 9.17) is 4.74 Å². The molecule has 1 atom stereocenters. The summed E-state index contributed by atoms with van der Waals surface area (Å²) in [5.74, 6) is 0.917. The molecule has 1 saturated heterocycles. The molecule has 1 fully saturated rings. The van der Waals surface area contributed by atoms with Gasteiger partial charge in [0.2, 0.25) is 0 Å². The zero-order chi connectivity index (χ0) is 19.7. The Labute approximate surface area is 166 Å². The van der Waals surface area contributed by atoms with E-state index in [1.807, 2.05) is 19.1 Å². The summed E-state index contributed by atoms with van der Waals surface area (Å²) >= 11 is 0. The van der Waals surface area contributed by atoms with E-state index in [0.717, 1.165) is 59.8 Å². The molecule has 0 unspecified atom stereocenters. The number of hydrogen-bond donors (Lipinski definition) is 2. The number of aliphatic hydroxyl groups is 1. The molecule has 4 rings (SSSR count).